The van der Waals surface area contributed by atoms with Gasteiger partial charge in [0.05, 0.1) is 5.39 Å². The number of benzene rings is 2. The van der Waals surface area contributed by atoms with Crippen LogP contribution >= 0.6 is 0 Å². The Hall–Kier alpha value is -2.61. The minimum atomic E-state index is -2.15. The van der Waals surface area contributed by atoms with Crippen molar-refractivity contribution in [1.29, 1.82) is 0 Å². The molecule has 0 fully saturated rings. The second kappa shape index (κ2) is 4.23. The zero-order valence-corrected chi connectivity index (χ0v) is 13.1. The lowest BCUT2D eigenvalue weighted by atomic mass is 9.98. The number of fused-ring (bicyclic) bond motifs is 6. The number of aryl methyl sites for hydroxylation is 3. The summed E-state index contributed by atoms with van der Waals surface area (Å²) in [6.07, 6.45) is 2.61. The first-order valence-electron chi connectivity index (χ1n) is 9.32. The third kappa shape index (κ3) is 1.61. The molecule has 2 nitrogen and oxygen atoms in total. The molecule has 1 aliphatic rings. The second-order valence-electron chi connectivity index (χ2n) is 6.39. The third-order valence-electron chi connectivity index (χ3n) is 5.01. The fourth-order valence-corrected chi connectivity index (χ4v) is 3.99. The van der Waals surface area contributed by atoms with Crippen LogP contribution in [-0.4, -0.2) is 0 Å². The molecule has 23 heavy (non-hydrogen) atoms. The molecule has 0 saturated carbocycles. The van der Waals surface area contributed by atoms with E-state index in [1.165, 1.54) is 27.8 Å². The van der Waals surface area contributed by atoms with Gasteiger partial charge in [-0.15, -0.1) is 0 Å². The van der Waals surface area contributed by atoms with Gasteiger partial charge in [0, 0.05) is 9.68 Å². The molecular formula is C21H18NO+. The van der Waals surface area contributed by atoms with Crippen LogP contribution in [-0.2, 0) is 13.5 Å². The molecule has 4 aromatic rings. The van der Waals surface area contributed by atoms with Gasteiger partial charge in [0.2, 0.25) is 0 Å². The molecule has 2 aromatic carbocycles. The predicted molar refractivity (Wildman–Crippen MR) is 92.6 cm³/mol. The van der Waals surface area contributed by atoms with E-state index in [0.29, 0.717) is 11.1 Å². The highest BCUT2D eigenvalue weighted by atomic mass is 16.3. The molecule has 0 unspecified atom stereocenters. The van der Waals surface area contributed by atoms with Gasteiger partial charge in [0.15, 0.2) is 11.8 Å². The zero-order valence-electron chi connectivity index (χ0n) is 16.1. The van der Waals surface area contributed by atoms with Gasteiger partial charge in [-0.1, -0.05) is 24.3 Å². The Labute approximate surface area is 139 Å². The van der Waals surface area contributed by atoms with Gasteiger partial charge in [-0.25, -0.2) is 0 Å². The highest BCUT2D eigenvalue weighted by Gasteiger charge is 2.26. The number of aromatic nitrogens is 1. The van der Waals surface area contributed by atoms with E-state index in [2.05, 4.69) is 37.3 Å². The molecule has 0 radical (unpaired) electrons. The van der Waals surface area contributed by atoms with Crippen LogP contribution in [0.15, 0.2) is 47.0 Å². The lowest BCUT2D eigenvalue weighted by Crippen LogP contribution is -2.28. The van der Waals surface area contributed by atoms with Crippen molar-refractivity contribution in [3.05, 3.63) is 64.8 Å². The van der Waals surface area contributed by atoms with Gasteiger partial charge in [-0.2, -0.15) is 4.57 Å². The van der Waals surface area contributed by atoms with Crippen molar-refractivity contribution in [2.75, 3.05) is 0 Å². The number of hydrogen-bond donors (Lipinski definition) is 0. The lowest BCUT2D eigenvalue weighted by molar-refractivity contribution is -0.644. The van der Waals surface area contributed by atoms with Crippen molar-refractivity contribution in [3.63, 3.8) is 0 Å². The molecule has 5 rings (SSSR count). The van der Waals surface area contributed by atoms with Crippen molar-refractivity contribution in [1.82, 2.24) is 0 Å². The summed E-state index contributed by atoms with van der Waals surface area (Å²) < 4.78 is 31.1. The monoisotopic (exact) mass is 303 g/mol. The fraction of sp³-hybridized carbons (Fsp3) is 0.190. The van der Waals surface area contributed by atoms with Crippen LogP contribution in [0.3, 0.4) is 0 Å². The van der Waals surface area contributed by atoms with Crippen molar-refractivity contribution in [2.24, 2.45) is 7.05 Å². The summed E-state index contributed by atoms with van der Waals surface area (Å²) in [7, 11) is 1.88. The summed E-state index contributed by atoms with van der Waals surface area (Å²) in [5.74, 6) is 0. The summed E-state index contributed by atoms with van der Waals surface area (Å²) in [5, 5.41) is 1.08. The molecule has 2 heteroatoms. The molecule has 2 aromatic heterocycles. The van der Waals surface area contributed by atoms with Crippen molar-refractivity contribution in [2.45, 2.75) is 20.2 Å². The van der Waals surface area contributed by atoms with E-state index in [4.69, 9.17) is 8.53 Å². The predicted octanol–water partition coefficient (Wildman–Crippen LogP) is 4.60. The quantitative estimate of drug-likeness (QED) is 0.382. The molecule has 0 spiro atoms. The van der Waals surface area contributed by atoms with Crippen LogP contribution in [0.2, 0.25) is 0 Å². The van der Waals surface area contributed by atoms with Crippen LogP contribution in [0.25, 0.3) is 33.2 Å². The Bertz CT molecular complexity index is 1220. The maximum atomic E-state index is 7.69. The van der Waals surface area contributed by atoms with E-state index in [-0.39, 0.29) is 0 Å². The SMILES string of the molecule is [2H]C([2H])([2H])c1cc2oc3cc4c(c(C)c3c2[n+](C)c1)Cc1ccccc1-4. The normalized spacial score (nSPS) is 15.3. The summed E-state index contributed by atoms with van der Waals surface area (Å²) in [5.41, 5.74) is 9.06. The largest absolute Gasteiger partial charge is 0.449 e. The number of furan rings is 1. The topological polar surface area (TPSA) is 17.0 Å². The maximum absolute atomic E-state index is 7.69. The average molecular weight is 303 g/mol. The van der Waals surface area contributed by atoms with Gasteiger partial charge >= 0.3 is 0 Å². The number of rotatable bonds is 0. The molecule has 0 amide bonds. The first-order chi connectivity index (χ1) is 12.3. The first-order valence-corrected chi connectivity index (χ1v) is 7.82. The third-order valence-corrected chi connectivity index (χ3v) is 5.01. The average Bonchev–Trinajstić information content (AvgIpc) is 3.13. The van der Waals surface area contributed by atoms with Crippen LogP contribution in [0, 0.1) is 13.8 Å². The van der Waals surface area contributed by atoms with Gasteiger partial charge < -0.3 is 4.42 Å². The molecule has 2 heterocycles. The molecule has 0 bridgehead atoms. The number of pyridine rings is 1. The molecule has 0 N–H and O–H groups in total. The molecule has 112 valence electrons. The number of nitrogens with zero attached hydrogens (tertiary/aromatic N) is 1. The fourth-order valence-electron chi connectivity index (χ4n) is 3.99. The molecule has 0 saturated heterocycles. The molecule has 0 aliphatic heterocycles. The minimum Gasteiger partial charge on any atom is -0.449 e. The highest BCUT2D eigenvalue weighted by molar-refractivity contribution is 6.05. The van der Waals surface area contributed by atoms with E-state index in [1.54, 1.807) is 12.3 Å². The van der Waals surface area contributed by atoms with Gasteiger partial charge in [0.1, 0.15) is 12.6 Å². The lowest BCUT2D eigenvalue weighted by Gasteiger charge is -2.05. The van der Waals surface area contributed by atoms with Crippen LogP contribution in [0.4, 0.5) is 0 Å². The summed E-state index contributed by atoms with van der Waals surface area (Å²) in [6, 6.07) is 12.2. The van der Waals surface area contributed by atoms with E-state index in [9.17, 15) is 0 Å². The first kappa shape index (κ1) is 10.2. The van der Waals surface area contributed by atoms with Crippen LogP contribution in [0.1, 0.15) is 26.4 Å². The zero-order chi connectivity index (χ0) is 18.2. The van der Waals surface area contributed by atoms with Crippen molar-refractivity contribution >= 4 is 22.1 Å². The molecule has 1 aliphatic carbocycles. The second-order valence-corrected chi connectivity index (χ2v) is 6.39. The van der Waals surface area contributed by atoms with Gasteiger partial charge in [-0.3, -0.25) is 0 Å². The highest BCUT2D eigenvalue weighted by Crippen LogP contribution is 2.43. The van der Waals surface area contributed by atoms with Crippen molar-refractivity contribution < 1.29 is 13.1 Å². The maximum Gasteiger partial charge on any atom is 0.259 e. The standard InChI is InChI=1S/C21H18NO/c1-12-8-19-21(22(3)11-12)20-13(2)16-9-14-6-4-5-7-15(14)17(16)10-18(20)23-19/h4-8,10-11H,9H2,1-3H3/q+1/i1D3. The Morgan fingerprint density at radius 2 is 2.00 bits per heavy atom. The summed E-state index contributed by atoms with van der Waals surface area (Å²) in [6.45, 7) is -0.0135. The Balaban J connectivity index is 1.87. The van der Waals surface area contributed by atoms with Crippen molar-refractivity contribution in [3.8, 4) is 11.1 Å². The van der Waals surface area contributed by atoms with Gasteiger partial charge in [-0.05, 0) is 60.1 Å². The summed E-state index contributed by atoms with van der Waals surface area (Å²) in [4.78, 5) is 0. The van der Waals surface area contributed by atoms with Crippen LogP contribution in [0.5, 0.6) is 0 Å². The van der Waals surface area contributed by atoms with E-state index in [1.807, 2.05) is 11.6 Å². The van der Waals surface area contributed by atoms with E-state index < -0.39 is 6.85 Å². The summed E-state index contributed by atoms with van der Waals surface area (Å²) >= 11 is 0. The van der Waals surface area contributed by atoms with E-state index >= 15 is 0 Å². The Kier molecular flexibility index (Phi) is 1.88. The smallest absolute Gasteiger partial charge is 0.259 e. The van der Waals surface area contributed by atoms with Crippen LogP contribution < -0.4 is 4.57 Å². The number of hydrogen-bond acceptors (Lipinski definition) is 1. The Morgan fingerprint density at radius 3 is 2.87 bits per heavy atom. The molecular weight excluding hydrogens is 282 g/mol. The Morgan fingerprint density at radius 1 is 1.13 bits per heavy atom. The van der Waals surface area contributed by atoms with E-state index in [0.717, 1.165) is 22.9 Å². The van der Waals surface area contributed by atoms with Gasteiger partial charge in [0.25, 0.3) is 5.52 Å². The minimum absolute atomic E-state index is 0.294. The molecule has 0 atom stereocenters.